The van der Waals surface area contributed by atoms with Crippen LogP contribution in [0.3, 0.4) is 0 Å². The Balaban J connectivity index is 1.66. The van der Waals surface area contributed by atoms with Crippen LogP contribution in [0.4, 0.5) is 24.5 Å². The summed E-state index contributed by atoms with van der Waals surface area (Å²) in [5.41, 5.74) is 2.80. The fourth-order valence-corrected chi connectivity index (χ4v) is 3.65. The highest BCUT2D eigenvalue weighted by molar-refractivity contribution is 6.30. The molecule has 0 aliphatic carbocycles. The van der Waals surface area contributed by atoms with Crippen LogP contribution in [-0.4, -0.2) is 47.7 Å². The molecule has 1 saturated heterocycles. The molecule has 3 rings (SSSR count). The first kappa shape index (κ1) is 27.6. The minimum Gasteiger partial charge on any atom is -0.378 e. The van der Waals surface area contributed by atoms with Crippen LogP contribution in [0, 0.1) is 5.41 Å². The van der Waals surface area contributed by atoms with Crippen LogP contribution in [0.2, 0.25) is 5.02 Å². The first-order valence-corrected chi connectivity index (χ1v) is 11.1. The summed E-state index contributed by atoms with van der Waals surface area (Å²) in [5, 5.41) is 15.0. The summed E-state index contributed by atoms with van der Waals surface area (Å²) < 4.78 is 45.2. The maximum absolute atomic E-state index is 13.3. The minimum absolute atomic E-state index is 0.0540. The molecule has 1 aliphatic heterocycles. The number of pyridine rings is 1. The number of hydrogen-bond donors (Lipinski definition) is 5. The van der Waals surface area contributed by atoms with E-state index in [4.69, 9.17) is 27.5 Å². The van der Waals surface area contributed by atoms with Gasteiger partial charge in [0.1, 0.15) is 5.54 Å². The first-order valence-electron chi connectivity index (χ1n) is 10.7. The predicted octanol–water partition coefficient (Wildman–Crippen LogP) is 2.45. The molecule has 3 amide bonds. The van der Waals surface area contributed by atoms with Crippen molar-refractivity contribution in [1.82, 2.24) is 15.6 Å². The van der Waals surface area contributed by atoms with Gasteiger partial charge in [-0.2, -0.15) is 13.2 Å². The number of amides is 3. The van der Waals surface area contributed by atoms with Crippen LogP contribution in [0.15, 0.2) is 48.2 Å². The SMILES string of the molecule is N=C/C(=C\C(N)=O)C(=O)N[C@@]1(C(=O)NCc2ccc(Nc3ccc(Cl)cc3C(F)(F)F)cn2)CCOC1. The zero-order chi connectivity index (χ0) is 27.2. The third-order valence-corrected chi connectivity index (χ3v) is 5.58. The van der Waals surface area contributed by atoms with E-state index in [0.29, 0.717) is 11.9 Å². The molecule has 2 heterocycles. The molecule has 0 radical (unpaired) electrons. The first-order chi connectivity index (χ1) is 17.4. The van der Waals surface area contributed by atoms with E-state index in [1.54, 1.807) is 0 Å². The Labute approximate surface area is 213 Å². The molecule has 14 heteroatoms. The average molecular weight is 539 g/mol. The zero-order valence-corrected chi connectivity index (χ0v) is 19.9. The summed E-state index contributed by atoms with van der Waals surface area (Å²) in [6.07, 6.45) is -1.76. The summed E-state index contributed by atoms with van der Waals surface area (Å²) in [7, 11) is 0. The van der Waals surface area contributed by atoms with Gasteiger partial charge in [-0.1, -0.05) is 11.6 Å². The van der Waals surface area contributed by atoms with Gasteiger partial charge in [0.2, 0.25) is 11.8 Å². The van der Waals surface area contributed by atoms with Crippen molar-refractivity contribution in [2.45, 2.75) is 24.7 Å². The molecule has 0 unspecified atom stereocenters. The van der Waals surface area contributed by atoms with Crippen molar-refractivity contribution < 1.29 is 32.3 Å². The summed E-state index contributed by atoms with van der Waals surface area (Å²) in [6.45, 7) is 0.00174. The van der Waals surface area contributed by atoms with Gasteiger partial charge in [0.15, 0.2) is 0 Å². The number of ether oxygens (including phenoxy) is 1. The molecule has 0 saturated carbocycles. The van der Waals surface area contributed by atoms with Gasteiger partial charge in [0.25, 0.3) is 5.91 Å². The summed E-state index contributed by atoms with van der Waals surface area (Å²) in [6, 6.07) is 6.35. The van der Waals surface area contributed by atoms with E-state index in [1.807, 2.05) is 0 Å². The number of aromatic nitrogens is 1. The Bertz CT molecular complexity index is 1230. The van der Waals surface area contributed by atoms with Crippen molar-refractivity contribution in [3.05, 3.63) is 64.5 Å². The number of carbonyl (C=O) groups excluding carboxylic acids is 3. The molecule has 1 atom stereocenters. The van der Waals surface area contributed by atoms with Crippen molar-refractivity contribution in [3.63, 3.8) is 0 Å². The van der Waals surface area contributed by atoms with Crippen LogP contribution in [0.5, 0.6) is 0 Å². The number of nitrogens with zero attached hydrogens (tertiary/aromatic N) is 1. The van der Waals surface area contributed by atoms with Crippen LogP contribution in [0.25, 0.3) is 0 Å². The highest BCUT2D eigenvalue weighted by Gasteiger charge is 2.44. The Morgan fingerprint density at radius 2 is 2.00 bits per heavy atom. The van der Waals surface area contributed by atoms with Crippen molar-refractivity contribution in [2.75, 3.05) is 18.5 Å². The van der Waals surface area contributed by atoms with Gasteiger partial charge in [-0.15, -0.1) is 0 Å². The Kier molecular flexibility index (Phi) is 8.50. The lowest BCUT2D eigenvalue weighted by Gasteiger charge is -2.27. The highest BCUT2D eigenvalue weighted by Crippen LogP contribution is 2.37. The Hall–Kier alpha value is -3.97. The van der Waals surface area contributed by atoms with E-state index >= 15 is 0 Å². The molecule has 0 bridgehead atoms. The molecule has 1 aromatic carbocycles. The lowest BCUT2D eigenvalue weighted by atomic mass is 9.96. The smallest absolute Gasteiger partial charge is 0.378 e. The van der Waals surface area contributed by atoms with Crippen LogP contribution < -0.4 is 21.7 Å². The summed E-state index contributed by atoms with van der Waals surface area (Å²) in [5.74, 6) is -2.35. The van der Waals surface area contributed by atoms with E-state index in [9.17, 15) is 27.6 Å². The predicted molar refractivity (Wildman–Crippen MR) is 128 cm³/mol. The molecular weight excluding hydrogens is 517 g/mol. The zero-order valence-electron chi connectivity index (χ0n) is 19.1. The molecule has 1 fully saturated rings. The number of hydrogen-bond acceptors (Lipinski definition) is 7. The average Bonchev–Trinajstić information content (AvgIpc) is 3.31. The van der Waals surface area contributed by atoms with E-state index in [2.05, 4.69) is 20.9 Å². The number of alkyl halides is 3. The number of anilines is 2. The number of halogens is 4. The van der Waals surface area contributed by atoms with Gasteiger partial charge in [-0.05, 0) is 30.3 Å². The monoisotopic (exact) mass is 538 g/mol. The van der Waals surface area contributed by atoms with Crippen molar-refractivity contribution in [3.8, 4) is 0 Å². The fraction of sp³-hybridized carbons (Fsp3) is 0.261. The van der Waals surface area contributed by atoms with E-state index < -0.39 is 35.0 Å². The van der Waals surface area contributed by atoms with Crippen molar-refractivity contribution in [2.24, 2.45) is 5.73 Å². The lowest BCUT2D eigenvalue weighted by Crippen LogP contribution is -2.59. The van der Waals surface area contributed by atoms with Crippen LogP contribution in [-0.2, 0) is 31.8 Å². The number of carbonyl (C=O) groups is 3. The van der Waals surface area contributed by atoms with Crippen LogP contribution in [0.1, 0.15) is 17.7 Å². The van der Waals surface area contributed by atoms with Gasteiger partial charge in [0.05, 0.1) is 47.6 Å². The van der Waals surface area contributed by atoms with Gasteiger partial charge in [0, 0.05) is 30.3 Å². The number of benzene rings is 1. The third kappa shape index (κ3) is 7.05. The second-order valence-electron chi connectivity index (χ2n) is 8.02. The van der Waals surface area contributed by atoms with Gasteiger partial charge in [-0.3, -0.25) is 19.4 Å². The molecular formula is C23H22ClF3N6O4. The van der Waals surface area contributed by atoms with Gasteiger partial charge >= 0.3 is 6.18 Å². The molecule has 1 aromatic heterocycles. The maximum Gasteiger partial charge on any atom is 0.418 e. The Morgan fingerprint density at radius 1 is 1.24 bits per heavy atom. The van der Waals surface area contributed by atoms with Gasteiger partial charge < -0.3 is 31.8 Å². The van der Waals surface area contributed by atoms with E-state index in [0.717, 1.165) is 12.1 Å². The molecule has 2 aromatic rings. The van der Waals surface area contributed by atoms with Gasteiger partial charge in [-0.25, -0.2) is 0 Å². The number of nitrogens with two attached hydrogens (primary N) is 1. The second-order valence-corrected chi connectivity index (χ2v) is 8.46. The second kappa shape index (κ2) is 11.4. The largest absolute Gasteiger partial charge is 0.418 e. The third-order valence-electron chi connectivity index (χ3n) is 5.35. The topological polar surface area (TPSA) is 159 Å². The molecule has 10 nitrogen and oxygen atoms in total. The fourth-order valence-electron chi connectivity index (χ4n) is 3.47. The quantitative estimate of drug-likeness (QED) is 0.243. The highest BCUT2D eigenvalue weighted by atomic mass is 35.5. The van der Waals surface area contributed by atoms with Crippen molar-refractivity contribution >= 4 is 46.9 Å². The molecule has 6 N–H and O–H groups in total. The number of nitrogens with one attached hydrogen (secondary N) is 4. The number of rotatable bonds is 9. The van der Waals surface area contributed by atoms with Crippen LogP contribution >= 0.6 is 11.6 Å². The normalized spacial score (nSPS) is 17.7. The summed E-state index contributed by atoms with van der Waals surface area (Å²) in [4.78, 5) is 40.6. The Morgan fingerprint density at radius 3 is 2.57 bits per heavy atom. The maximum atomic E-state index is 13.3. The molecule has 1 aliphatic rings. The standard InChI is InChI=1S/C23H22ClF3N6O4/c24-14-1-4-18(17(8-14)23(25,26)27)32-16-3-2-15(30-11-16)10-31-21(36)22(5-6-37-12-22)33-20(35)13(9-28)7-19(29)34/h1-4,7-9,11,28,32H,5-6,10,12H2,(H2,29,34)(H,31,36)(H,33,35)/b13-7+,28-9?/t22-/m0/s1. The number of primary amides is 1. The molecule has 0 spiro atoms. The van der Waals surface area contributed by atoms with E-state index in [1.165, 1.54) is 30.5 Å². The van der Waals surface area contributed by atoms with Crippen molar-refractivity contribution in [1.29, 1.82) is 5.41 Å². The molecule has 37 heavy (non-hydrogen) atoms. The van der Waals surface area contributed by atoms with E-state index in [-0.39, 0.29) is 48.1 Å². The molecule has 196 valence electrons. The summed E-state index contributed by atoms with van der Waals surface area (Å²) >= 11 is 5.70. The minimum atomic E-state index is -4.62. The lowest BCUT2D eigenvalue weighted by molar-refractivity contribution is -0.137.